The molecule has 1 atom stereocenters. The van der Waals surface area contributed by atoms with Crippen molar-refractivity contribution in [3.8, 4) is 5.75 Å². The standard InChI is InChI=1S/C16H17BrFNO/c1-11(9-19)13-4-2-12(3-5-13)10-20-14-6-7-15(17)16(18)8-14/h2-8,11H,9-10,19H2,1H3. The van der Waals surface area contributed by atoms with Crippen LogP contribution in [0.1, 0.15) is 24.0 Å². The first-order valence-corrected chi connectivity index (χ1v) is 7.26. The molecule has 0 spiro atoms. The molecule has 2 nitrogen and oxygen atoms in total. The van der Waals surface area contributed by atoms with Gasteiger partial charge in [-0.05, 0) is 51.7 Å². The van der Waals surface area contributed by atoms with Gasteiger partial charge in [0.15, 0.2) is 0 Å². The quantitative estimate of drug-likeness (QED) is 0.886. The zero-order valence-corrected chi connectivity index (χ0v) is 12.9. The summed E-state index contributed by atoms with van der Waals surface area (Å²) in [5.74, 6) is 0.547. The molecule has 0 fully saturated rings. The van der Waals surface area contributed by atoms with Gasteiger partial charge in [-0.25, -0.2) is 4.39 Å². The van der Waals surface area contributed by atoms with Gasteiger partial charge in [0.25, 0.3) is 0 Å². The Labute approximate surface area is 126 Å². The fourth-order valence-corrected chi connectivity index (χ4v) is 2.06. The minimum atomic E-state index is -0.324. The van der Waals surface area contributed by atoms with E-state index in [-0.39, 0.29) is 5.82 Å². The van der Waals surface area contributed by atoms with Crippen LogP contribution in [0.15, 0.2) is 46.9 Å². The van der Waals surface area contributed by atoms with Crippen LogP contribution in [-0.2, 0) is 6.61 Å². The molecule has 0 bridgehead atoms. The van der Waals surface area contributed by atoms with E-state index >= 15 is 0 Å². The summed E-state index contributed by atoms with van der Waals surface area (Å²) < 4.78 is 19.4. The summed E-state index contributed by atoms with van der Waals surface area (Å²) in [6.07, 6.45) is 0. The Morgan fingerprint density at radius 1 is 1.20 bits per heavy atom. The molecule has 4 heteroatoms. The molecule has 0 radical (unpaired) electrons. The van der Waals surface area contributed by atoms with Gasteiger partial charge in [0.1, 0.15) is 18.2 Å². The van der Waals surface area contributed by atoms with Gasteiger partial charge in [0.2, 0.25) is 0 Å². The normalized spacial score (nSPS) is 12.2. The van der Waals surface area contributed by atoms with E-state index in [4.69, 9.17) is 10.5 Å². The number of ether oxygens (including phenoxy) is 1. The van der Waals surface area contributed by atoms with Gasteiger partial charge < -0.3 is 10.5 Å². The van der Waals surface area contributed by atoms with Gasteiger partial charge >= 0.3 is 0 Å². The van der Waals surface area contributed by atoms with E-state index in [1.807, 2.05) is 12.1 Å². The van der Waals surface area contributed by atoms with Crippen LogP contribution in [-0.4, -0.2) is 6.54 Å². The number of halogens is 2. The minimum absolute atomic E-state index is 0.324. The number of rotatable bonds is 5. The van der Waals surface area contributed by atoms with Crippen molar-refractivity contribution in [1.29, 1.82) is 0 Å². The smallest absolute Gasteiger partial charge is 0.141 e. The van der Waals surface area contributed by atoms with Crippen molar-refractivity contribution >= 4 is 15.9 Å². The highest BCUT2D eigenvalue weighted by Gasteiger charge is 2.04. The highest BCUT2D eigenvalue weighted by molar-refractivity contribution is 9.10. The summed E-state index contributed by atoms with van der Waals surface area (Å²) in [5, 5.41) is 0. The zero-order valence-electron chi connectivity index (χ0n) is 11.3. The molecule has 0 saturated heterocycles. The Morgan fingerprint density at radius 3 is 2.50 bits per heavy atom. The van der Waals surface area contributed by atoms with Crippen molar-refractivity contribution in [3.05, 3.63) is 63.9 Å². The van der Waals surface area contributed by atoms with Crippen LogP contribution in [0.2, 0.25) is 0 Å². The van der Waals surface area contributed by atoms with Crippen molar-refractivity contribution in [2.24, 2.45) is 5.73 Å². The maximum atomic E-state index is 13.3. The molecule has 106 valence electrons. The lowest BCUT2D eigenvalue weighted by molar-refractivity contribution is 0.304. The van der Waals surface area contributed by atoms with E-state index in [1.54, 1.807) is 12.1 Å². The molecule has 0 aromatic heterocycles. The van der Waals surface area contributed by atoms with Crippen molar-refractivity contribution in [2.45, 2.75) is 19.4 Å². The van der Waals surface area contributed by atoms with Crippen molar-refractivity contribution in [2.75, 3.05) is 6.54 Å². The van der Waals surface area contributed by atoms with Crippen LogP contribution in [0.5, 0.6) is 5.75 Å². The predicted molar refractivity (Wildman–Crippen MR) is 82.3 cm³/mol. The molecule has 2 N–H and O–H groups in total. The molecule has 2 aromatic carbocycles. The van der Waals surface area contributed by atoms with Crippen molar-refractivity contribution in [1.82, 2.24) is 0 Å². The van der Waals surface area contributed by atoms with Crippen molar-refractivity contribution in [3.63, 3.8) is 0 Å². The molecule has 1 unspecified atom stereocenters. The largest absolute Gasteiger partial charge is 0.489 e. The second-order valence-electron chi connectivity index (χ2n) is 4.74. The molecule has 0 heterocycles. The summed E-state index contributed by atoms with van der Waals surface area (Å²) in [6.45, 7) is 3.14. The monoisotopic (exact) mass is 337 g/mol. The third-order valence-corrected chi connectivity index (χ3v) is 3.84. The summed E-state index contributed by atoms with van der Waals surface area (Å²) in [7, 11) is 0. The van der Waals surface area contributed by atoms with E-state index in [0.717, 1.165) is 5.56 Å². The molecule has 0 amide bonds. The lowest BCUT2D eigenvalue weighted by atomic mass is 10.0. The Kier molecular flexibility index (Phi) is 5.15. The van der Waals surface area contributed by atoms with Crippen LogP contribution in [0.3, 0.4) is 0 Å². The number of nitrogens with two attached hydrogens (primary N) is 1. The van der Waals surface area contributed by atoms with Crippen LogP contribution in [0, 0.1) is 5.82 Å². The Hall–Kier alpha value is -1.39. The second kappa shape index (κ2) is 6.86. The third kappa shape index (κ3) is 3.81. The Morgan fingerprint density at radius 2 is 1.90 bits per heavy atom. The second-order valence-corrected chi connectivity index (χ2v) is 5.60. The summed E-state index contributed by atoms with van der Waals surface area (Å²) >= 11 is 3.11. The van der Waals surface area contributed by atoms with Gasteiger partial charge in [-0.1, -0.05) is 31.2 Å². The molecule has 2 aromatic rings. The van der Waals surface area contributed by atoms with Crippen LogP contribution < -0.4 is 10.5 Å². The topological polar surface area (TPSA) is 35.2 Å². The molecular weight excluding hydrogens is 321 g/mol. The number of benzene rings is 2. The Bertz CT molecular complexity index is 571. The van der Waals surface area contributed by atoms with Crippen LogP contribution >= 0.6 is 15.9 Å². The maximum Gasteiger partial charge on any atom is 0.141 e. The first kappa shape index (κ1) is 15.0. The molecule has 0 aliphatic carbocycles. The van der Waals surface area contributed by atoms with E-state index in [9.17, 15) is 4.39 Å². The molecule has 2 rings (SSSR count). The lowest BCUT2D eigenvalue weighted by Crippen LogP contribution is -2.08. The molecule has 0 saturated carbocycles. The zero-order chi connectivity index (χ0) is 14.5. The molecule has 0 aliphatic heterocycles. The first-order valence-electron chi connectivity index (χ1n) is 6.47. The minimum Gasteiger partial charge on any atom is -0.489 e. The fourth-order valence-electron chi connectivity index (χ4n) is 1.81. The van der Waals surface area contributed by atoms with Crippen LogP contribution in [0.25, 0.3) is 0 Å². The average Bonchev–Trinajstić information content (AvgIpc) is 2.48. The van der Waals surface area contributed by atoms with E-state index in [2.05, 4.69) is 35.0 Å². The van der Waals surface area contributed by atoms with Gasteiger partial charge in [0.05, 0.1) is 4.47 Å². The van der Waals surface area contributed by atoms with Gasteiger partial charge in [-0.15, -0.1) is 0 Å². The SMILES string of the molecule is CC(CN)c1ccc(COc2ccc(Br)c(F)c2)cc1. The van der Waals surface area contributed by atoms with Gasteiger partial charge in [-0.2, -0.15) is 0 Å². The third-order valence-electron chi connectivity index (χ3n) is 3.20. The van der Waals surface area contributed by atoms with E-state index < -0.39 is 0 Å². The number of hydrogen-bond donors (Lipinski definition) is 1. The molecular formula is C16H17BrFNO. The van der Waals surface area contributed by atoms with Gasteiger partial charge in [-0.3, -0.25) is 0 Å². The van der Waals surface area contributed by atoms with Crippen molar-refractivity contribution < 1.29 is 9.13 Å². The number of hydrogen-bond acceptors (Lipinski definition) is 2. The average molecular weight is 338 g/mol. The highest BCUT2D eigenvalue weighted by atomic mass is 79.9. The summed E-state index contributed by atoms with van der Waals surface area (Å²) in [6, 6.07) is 12.9. The van der Waals surface area contributed by atoms with Gasteiger partial charge in [0, 0.05) is 6.07 Å². The highest BCUT2D eigenvalue weighted by Crippen LogP contribution is 2.22. The van der Waals surface area contributed by atoms with E-state index in [0.29, 0.717) is 29.3 Å². The van der Waals surface area contributed by atoms with E-state index in [1.165, 1.54) is 11.6 Å². The molecule has 20 heavy (non-hydrogen) atoms. The molecule has 0 aliphatic rings. The Balaban J connectivity index is 1.98. The predicted octanol–water partition coefficient (Wildman–Crippen LogP) is 4.23. The summed E-state index contributed by atoms with van der Waals surface area (Å²) in [5.41, 5.74) is 7.90. The maximum absolute atomic E-state index is 13.3. The van der Waals surface area contributed by atoms with Crippen LogP contribution in [0.4, 0.5) is 4.39 Å². The fraction of sp³-hybridized carbons (Fsp3) is 0.250. The summed E-state index contributed by atoms with van der Waals surface area (Å²) in [4.78, 5) is 0. The first-order chi connectivity index (χ1) is 9.60. The lowest BCUT2D eigenvalue weighted by Gasteiger charge is -2.10.